The highest BCUT2D eigenvalue weighted by atomic mass is 35.5. The van der Waals surface area contributed by atoms with Crippen LogP contribution in [0, 0.1) is 10.1 Å². The summed E-state index contributed by atoms with van der Waals surface area (Å²) >= 11 is 6.06. The van der Waals surface area contributed by atoms with E-state index in [1.807, 2.05) is 12.1 Å². The molecule has 3 rings (SSSR count). The van der Waals surface area contributed by atoms with E-state index >= 15 is 0 Å². The number of carbonyl (C=O) groups excluding carboxylic acids is 1. The van der Waals surface area contributed by atoms with Gasteiger partial charge in [0.05, 0.1) is 15.5 Å². The number of nitro groups is 1. The van der Waals surface area contributed by atoms with Gasteiger partial charge >= 0.3 is 0 Å². The van der Waals surface area contributed by atoms with Gasteiger partial charge in [0.2, 0.25) is 0 Å². The Morgan fingerprint density at radius 2 is 1.61 bits per heavy atom. The van der Waals surface area contributed by atoms with Crippen LogP contribution in [0.1, 0.15) is 43.0 Å². The topological polar surface area (TPSA) is 75.5 Å². The van der Waals surface area contributed by atoms with Crippen molar-refractivity contribution in [2.45, 2.75) is 32.6 Å². The van der Waals surface area contributed by atoms with Crippen LogP contribution in [0.5, 0.6) is 0 Å². The molecule has 0 bridgehead atoms. The van der Waals surface area contributed by atoms with E-state index in [1.165, 1.54) is 49.6 Å². The van der Waals surface area contributed by atoms with Crippen molar-refractivity contribution in [1.82, 2.24) is 0 Å². The zero-order valence-corrected chi connectivity index (χ0v) is 19.6. The van der Waals surface area contributed by atoms with E-state index < -0.39 is 10.8 Å². The van der Waals surface area contributed by atoms with Gasteiger partial charge in [-0.15, -0.1) is 0 Å². The number of unbranched alkanes of at least 4 members (excludes halogenated alkanes) is 3. The molecule has 0 heterocycles. The van der Waals surface area contributed by atoms with E-state index in [2.05, 4.69) is 48.5 Å². The fourth-order valence-electron chi connectivity index (χ4n) is 3.56. The van der Waals surface area contributed by atoms with Crippen molar-refractivity contribution in [3.05, 3.63) is 87.4 Å². The van der Waals surface area contributed by atoms with Crippen LogP contribution in [0.2, 0.25) is 5.02 Å². The van der Waals surface area contributed by atoms with Gasteiger partial charge in [0, 0.05) is 37.1 Å². The summed E-state index contributed by atoms with van der Waals surface area (Å²) in [7, 11) is 2.12. The number of carbonyl (C=O) groups is 1. The number of amides is 1. The molecule has 0 spiro atoms. The summed E-state index contributed by atoms with van der Waals surface area (Å²) in [6.07, 6.45) is 4.97. The summed E-state index contributed by atoms with van der Waals surface area (Å²) in [5.74, 6) is -0.497. The number of nitrogens with one attached hydrogen (secondary N) is 1. The average Bonchev–Trinajstić information content (AvgIpc) is 2.82. The zero-order chi connectivity index (χ0) is 23.8. The van der Waals surface area contributed by atoms with Gasteiger partial charge in [0.25, 0.3) is 11.6 Å². The second kappa shape index (κ2) is 11.5. The third-order valence-corrected chi connectivity index (χ3v) is 5.87. The molecule has 7 heteroatoms. The summed E-state index contributed by atoms with van der Waals surface area (Å²) in [6.45, 7) is 3.26. The van der Waals surface area contributed by atoms with Gasteiger partial charge in [-0.25, -0.2) is 0 Å². The third kappa shape index (κ3) is 6.56. The van der Waals surface area contributed by atoms with Gasteiger partial charge in [-0.3, -0.25) is 14.9 Å². The maximum atomic E-state index is 12.6. The van der Waals surface area contributed by atoms with Crippen LogP contribution >= 0.6 is 11.6 Å². The van der Waals surface area contributed by atoms with Crippen LogP contribution in [0.15, 0.2) is 66.7 Å². The first-order valence-electron chi connectivity index (χ1n) is 11.1. The molecular weight excluding hydrogens is 438 g/mol. The van der Waals surface area contributed by atoms with Crippen LogP contribution in [-0.2, 0) is 0 Å². The predicted octanol–water partition coefficient (Wildman–Crippen LogP) is 7.18. The minimum absolute atomic E-state index is 0.0596. The minimum Gasteiger partial charge on any atom is -0.375 e. The van der Waals surface area contributed by atoms with Gasteiger partial charge in [-0.1, -0.05) is 62.1 Å². The van der Waals surface area contributed by atoms with Crippen molar-refractivity contribution in [2.75, 3.05) is 23.8 Å². The highest BCUT2D eigenvalue weighted by Gasteiger charge is 2.16. The molecule has 0 saturated carbocycles. The third-order valence-electron chi connectivity index (χ3n) is 5.54. The first-order valence-corrected chi connectivity index (χ1v) is 11.4. The number of benzene rings is 3. The molecule has 33 heavy (non-hydrogen) atoms. The lowest BCUT2D eigenvalue weighted by Crippen LogP contribution is -2.18. The molecule has 0 radical (unpaired) electrons. The lowest BCUT2D eigenvalue weighted by molar-refractivity contribution is -0.384. The van der Waals surface area contributed by atoms with E-state index in [1.54, 1.807) is 12.1 Å². The van der Waals surface area contributed by atoms with E-state index in [9.17, 15) is 14.9 Å². The lowest BCUT2D eigenvalue weighted by Gasteiger charge is -2.19. The summed E-state index contributed by atoms with van der Waals surface area (Å²) in [6, 6.07) is 19.7. The van der Waals surface area contributed by atoms with Crippen molar-refractivity contribution in [1.29, 1.82) is 0 Å². The number of hydrogen-bond acceptors (Lipinski definition) is 4. The molecule has 0 aliphatic rings. The molecule has 0 saturated heterocycles. The van der Waals surface area contributed by atoms with Gasteiger partial charge in [0.1, 0.15) is 0 Å². The number of hydrogen-bond donors (Lipinski definition) is 1. The SMILES string of the molecule is CCCCCCN(C)c1ccc(-c2ccc(NC(=O)c3cc([N+](=O)[O-])ccc3Cl)cc2)cc1. The Balaban J connectivity index is 1.64. The summed E-state index contributed by atoms with van der Waals surface area (Å²) in [4.78, 5) is 25.2. The second-order valence-corrected chi connectivity index (χ2v) is 8.39. The maximum Gasteiger partial charge on any atom is 0.270 e. The van der Waals surface area contributed by atoms with Crippen molar-refractivity contribution >= 4 is 34.6 Å². The Morgan fingerprint density at radius 3 is 2.21 bits per heavy atom. The van der Waals surface area contributed by atoms with Crippen LogP contribution in [0.4, 0.5) is 17.1 Å². The maximum absolute atomic E-state index is 12.6. The van der Waals surface area contributed by atoms with E-state index in [0.717, 1.165) is 17.7 Å². The van der Waals surface area contributed by atoms with Crippen LogP contribution in [0.25, 0.3) is 11.1 Å². The van der Waals surface area contributed by atoms with E-state index in [4.69, 9.17) is 11.6 Å². The first-order chi connectivity index (χ1) is 15.9. The van der Waals surface area contributed by atoms with Crippen molar-refractivity contribution in [2.24, 2.45) is 0 Å². The number of non-ortho nitro benzene ring substituents is 1. The molecule has 3 aromatic rings. The second-order valence-electron chi connectivity index (χ2n) is 7.98. The van der Waals surface area contributed by atoms with Crippen molar-refractivity contribution in [3.63, 3.8) is 0 Å². The fraction of sp³-hybridized carbons (Fsp3) is 0.269. The molecule has 0 aliphatic carbocycles. The van der Waals surface area contributed by atoms with Gasteiger partial charge in [-0.2, -0.15) is 0 Å². The monoisotopic (exact) mass is 465 g/mol. The summed E-state index contributed by atoms with van der Waals surface area (Å²) < 4.78 is 0. The van der Waals surface area contributed by atoms with Crippen LogP contribution in [-0.4, -0.2) is 24.4 Å². The first kappa shape index (κ1) is 24.3. The molecule has 6 nitrogen and oxygen atoms in total. The Hall–Kier alpha value is -3.38. The highest BCUT2D eigenvalue weighted by Crippen LogP contribution is 2.26. The number of nitro benzene ring substituents is 1. The summed E-state index contributed by atoms with van der Waals surface area (Å²) in [5.41, 5.74) is 3.75. The number of rotatable bonds is 10. The average molecular weight is 466 g/mol. The molecule has 0 unspecified atom stereocenters. The quantitative estimate of drug-likeness (QED) is 0.195. The highest BCUT2D eigenvalue weighted by molar-refractivity contribution is 6.34. The predicted molar refractivity (Wildman–Crippen MR) is 135 cm³/mol. The van der Waals surface area contributed by atoms with E-state index in [-0.39, 0.29) is 16.3 Å². The Bertz CT molecular complexity index is 1100. The Kier molecular flexibility index (Phi) is 8.44. The molecule has 1 amide bonds. The van der Waals surface area contributed by atoms with Gasteiger partial charge in [0.15, 0.2) is 0 Å². The number of anilines is 2. The number of halogens is 1. The smallest absolute Gasteiger partial charge is 0.270 e. The fourth-order valence-corrected chi connectivity index (χ4v) is 3.76. The van der Waals surface area contributed by atoms with Crippen molar-refractivity contribution < 1.29 is 9.72 Å². The van der Waals surface area contributed by atoms with Gasteiger partial charge in [-0.05, 0) is 47.9 Å². The molecule has 0 aliphatic heterocycles. The lowest BCUT2D eigenvalue weighted by atomic mass is 10.0. The standard InChI is InChI=1S/C26H28ClN3O3/c1-3-4-5-6-17-29(2)22-13-9-20(10-14-22)19-7-11-21(12-8-19)28-26(31)24-18-23(30(32)33)15-16-25(24)27/h7-16,18H,3-6,17H2,1-2H3,(H,28,31). The van der Waals surface area contributed by atoms with Gasteiger partial charge < -0.3 is 10.2 Å². The molecule has 0 atom stereocenters. The summed E-state index contributed by atoms with van der Waals surface area (Å²) in [5, 5.41) is 13.9. The Morgan fingerprint density at radius 1 is 0.970 bits per heavy atom. The van der Waals surface area contributed by atoms with Crippen LogP contribution in [0.3, 0.4) is 0 Å². The molecular formula is C26H28ClN3O3. The molecule has 0 fully saturated rings. The van der Waals surface area contributed by atoms with Crippen LogP contribution < -0.4 is 10.2 Å². The normalized spacial score (nSPS) is 10.6. The molecule has 172 valence electrons. The minimum atomic E-state index is -0.558. The Labute approximate surface area is 199 Å². The largest absolute Gasteiger partial charge is 0.375 e. The zero-order valence-electron chi connectivity index (χ0n) is 18.9. The van der Waals surface area contributed by atoms with Crippen molar-refractivity contribution in [3.8, 4) is 11.1 Å². The molecule has 0 aromatic heterocycles. The molecule has 3 aromatic carbocycles. The number of nitrogens with zero attached hydrogens (tertiary/aromatic N) is 2. The molecule has 1 N–H and O–H groups in total. The van der Waals surface area contributed by atoms with E-state index in [0.29, 0.717) is 5.69 Å².